The second-order valence-electron chi connectivity index (χ2n) is 8.87. The number of amides is 3. The summed E-state index contributed by atoms with van der Waals surface area (Å²) in [5.41, 5.74) is 0.906. The van der Waals surface area contributed by atoms with E-state index in [4.69, 9.17) is 0 Å². The molecule has 1 saturated carbocycles. The van der Waals surface area contributed by atoms with Crippen LogP contribution in [0.4, 0.5) is 18.9 Å². The zero-order valence-electron chi connectivity index (χ0n) is 18.5. The van der Waals surface area contributed by atoms with Gasteiger partial charge in [0.2, 0.25) is 11.8 Å². The van der Waals surface area contributed by atoms with Crippen molar-refractivity contribution in [2.75, 3.05) is 18.4 Å². The quantitative estimate of drug-likeness (QED) is 0.709. The van der Waals surface area contributed by atoms with Gasteiger partial charge in [0.1, 0.15) is 0 Å². The molecule has 0 aromatic heterocycles. The first kappa shape index (κ1) is 24.1. The van der Waals surface area contributed by atoms with Crippen LogP contribution in [0.5, 0.6) is 0 Å². The minimum atomic E-state index is -4.93. The van der Waals surface area contributed by atoms with Crippen molar-refractivity contribution >= 4 is 23.4 Å². The summed E-state index contributed by atoms with van der Waals surface area (Å²) < 4.78 is 38.3. The lowest BCUT2D eigenvalue weighted by Crippen LogP contribution is -2.40. The summed E-state index contributed by atoms with van der Waals surface area (Å²) in [6, 6.07) is 6.62. The monoisotopic (exact) mass is 453 g/mol. The molecular formula is C23H30F3N3O3. The maximum absolute atomic E-state index is 12.8. The number of carbonyl (C=O) groups excluding carboxylic acids is 3. The van der Waals surface area contributed by atoms with Gasteiger partial charge in [-0.1, -0.05) is 19.1 Å². The first-order valence-electron chi connectivity index (χ1n) is 11.1. The fourth-order valence-corrected chi connectivity index (χ4v) is 4.53. The van der Waals surface area contributed by atoms with Crippen molar-refractivity contribution in [2.24, 2.45) is 11.8 Å². The van der Waals surface area contributed by atoms with Crippen LogP contribution in [-0.4, -0.2) is 52.8 Å². The predicted octanol–water partition coefficient (Wildman–Crippen LogP) is 3.96. The molecule has 1 aromatic carbocycles. The largest absolute Gasteiger partial charge is 0.471 e. The predicted molar refractivity (Wildman–Crippen MR) is 113 cm³/mol. The highest BCUT2D eigenvalue weighted by atomic mass is 19.4. The Bertz CT molecular complexity index is 850. The van der Waals surface area contributed by atoms with Gasteiger partial charge in [-0.15, -0.1) is 0 Å². The van der Waals surface area contributed by atoms with E-state index in [1.54, 1.807) is 24.3 Å². The van der Waals surface area contributed by atoms with E-state index in [0.717, 1.165) is 25.7 Å². The minimum Gasteiger partial charge on any atom is -0.339 e. The van der Waals surface area contributed by atoms with E-state index in [1.165, 1.54) is 6.92 Å². The summed E-state index contributed by atoms with van der Waals surface area (Å²) >= 11 is 0. The maximum atomic E-state index is 12.8. The Kier molecular flexibility index (Phi) is 7.46. The molecule has 1 aliphatic carbocycles. The summed E-state index contributed by atoms with van der Waals surface area (Å²) in [6.07, 6.45) is -0.657. The molecule has 0 bridgehead atoms. The molecule has 176 valence electrons. The molecule has 1 aliphatic heterocycles. The van der Waals surface area contributed by atoms with Crippen LogP contribution >= 0.6 is 0 Å². The maximum Gasteiger partial charge on any atom is 0.471 e. The van der Waals surface area contributed by atoms with E-state index in [1.807, 2.05) is 4.90 Å². The number of hydrogen-bond donors (Lipinski definition) is 1. The van der Waals surface area contributed by atoms with Gasteiger partial charge < -0.3 is 15.1 Å². The molecule has 6 nitrogen and oxygen atoms in total. The third-order valence-electron chi connectivity index (χ3n) is 6.43. The summed E-state index contributed by atoms with van der Waals surface area (Å²) in [4.78, 5) is 39.3. The number of nitrogens with one attached hydrogen (secondary N) is 1. The van der Waals surface area contributed by atoms with E-state index in [9.17, 15) is 27.6 Å². The number of rotatable bonds is 6. The smallest absolute Gasteiger partial charge is 0.339 e. The third-order valence-corrected chi connectivity index (χ3v) is 6.43. The zero-order valence-corrected chi connectivity index (χ0v) is 18.5. The summed E-state index contributed by atoms with van der Waals surface area (Å²) in [5.74, 6) is -1.95. The Morgan fingerprint density at radius 3 is 2.50 bits per heavy atom. The van der Waals surface area contributed by atoms with Crippen molar-refractivity contribution in [3.63, 3.8) is 0 Å². The molecule has 9 heteroatoms. The number of benzene rings is 1. The van der Waals surface area contributed by atoms with Gasteiger partial charge in [0.15, 0.2) is 0 Å². The zero-order chi connectivity index (χ0) is 23.5. The van der Waals surface area contributed by atoms with Crippen molar-refractivity contribution in [1.29, 1.82) is 0 Å². The highest BCUT2D eigenvalue weighted by molar-refractivity contribution is 5.97. The molecule has 32 heavy (non-hydrogen) atoms. The van der Waals surface area contributed by atoms with E-state index < -0.39 is 18.0 Å². The fourth-order valence-electron chi connectivity index (χ4n) is 4.53. The van der Waals surface area contributed by atoms with Crippen LogP contribution < -0.4 is 5.32 Å². The average Bonchev–Trinajstić information content (AvgIpc) is 3.13. The fraction of sp³-hybridized carbons (Fsp3) is 0.609. The van der Waals surface area contributed by atoms with E-state index in [2.05, 4.69) is 12.2 Å². The van der Waals surface area contributed by atoms with Crippen LogP contribution in [0.25, 0.3) is 0 Å². The van der Waals surface area contributed by atoms with Crippen molar-refractivity contribution in [3.8, 4) is 0 Å². The Morgan fingerprint density at radius 2 is 1.88 bits per heavy atom. The van der Waals surface area contributed by atoms with Crippen LogP contribution in [0.1, 0.15) is 51.5 Å². The first-order chi connectivity index (χ1) is 15.1. The molecule has 0 radical (unpaired) electrons. The SMILES string of the molecule is CCN(Cc1cccc(NC(=O)C2CC(=O)N(C3CCC(C)CC3)C2)c1)C(=O)C(F)(F)F. The number of anilines is 1. The summed E-state index contributed by atoms with van der Waals surface area (Å²) in [5, 5.41) is 2.78. The first-order valence-corrected chi connectivity index (χ1v) is 11.1. The van der Waals surface area contributed by atoms with Gasteiger partial charge in [0.25, 0.3) is 0 Å². The van der Waals surface area contributed by atoms with Crippen molar-refractivity contribution in [2.45, 2.75) is 64.7 Å². The van der Waals surface area contributed by atoms with Crippen LogP contribution in [0.3, 0.4) is 0 Å². The van der Waals surface area contributed by atoms with Crippen LogP contribution in [0, 0.1) is 11.8 Å². The van der Waals surface area contributed by atoms with Gasteiger partial charge in [0.05, 0.1) is 5.92 Å². The highest BCUT2D eigenvalue weighted by Gasteiger charge is 2.42. The van der Waals surface area contributed by atoms with E-state index in [-0.39, 0.29) is 37.4 Å². The van der Waals surface area contributed by atoms with Crippen LogP contribution in [0.2, 0.25) is 0 Å². The molecule has 3 rings (SSSR count). The van der Waals surface area contributed by atoms with Gasteiger partial charge in [0, 0.05) is 37.8 Å². The van der Waals surface area contributed by atoms with Crippen molar-refractivity contribution < 1.29 is 27.6 Å². The van der Waals surface area contributed by atoms with Crippen LogP contribution in [-0.2, 0) is 20.9 Å². The number of alkyl halides is 3. The lowest BCUT2D eigenvalue weighted by atomic mass is 9.87. The number of nitrogens with zero attached hydrogens (tertiary/aromatic N) is 2. The Balaban J connectivity index is 1.60. The average molecular weight is 454 g/mol. The number of halogens is 3. The molecule has 0 spiro atoms. The molecule has 1 heterocycles. The molecule has 3 amide bonds. The Labute approximate surface area is 186 Å². The Hall–Kier alpha value is -2.58. The number of hydrogen-bond acceptors (Lipinski definition) is 3. The summed E-state index contributed by atoms with van der Waals surface area (Å²) in [6.45, 7) is 3.78. The molecule has 1 N–H and O–H groups in total. The number of carbonyl (C=O) groups is 3. The molecular weight excluding hydrogens is 423 g/mol. The lowest BCUT2D eigenvalue weighted by molar-refractivity contribution is -0.185. The topological polar surface area (TPSA) is 69.7 Å². The molecule has 1 unspecified atom stereocenters. The standard InChI is InChI=1S/C23H30F3N3O3/c1-3-28(22(32)23(24,25)26)13-16-5-4-6-18(11-16)27-21(31)17-12-20(30)29(14-17)19-9-7-15(2)8-10-19/h4-6,11,15,17,19H,3,7-10,12-14H2,1-2H3,(H,27,31). The minimum absolute atomic E-state index is 0.00250. The van der Waals surface area contributed by atoms with Crippen molar-refractivity contribution in [3.05, 3.63) is 29.8 Å². The van der Waals surface area contributed by atoms with E-state index >= 15 is 0 Å². The van der Waals surface area contributed by atoms with Gasteiger partial charge in [-0.05, 0) is 56.2 Å². The van der Waals surface area contributed by atoms with Gasteiger partial charge in [-0.2, -0.15) is 13.2 Å². The molecule has 1 aromatic rings. The second-order valence-corrected chi connectivity index (χ2v) is 8.87. The van der Waals surface area contributed by atoms with E-state index in [0.29, 0.717) is 28.6 Å². The molecule has 1 saturated heterocycles. The van der Waals surface area contributed by atoms with Gasteiger partial charge in [-0.3, -0.25) is 14.4 Å². The number of likely N-dealkylation sites (tertiary alicyclic amines) is 1. The summed E-state index contributed by atoms with van der Waals surface area (Å²) in [7, 11) is 0. The normalized spacial score (nSPS) is 23.8. The molecule has 1 atom stereocenters. The van der Waals surface area contributed by atoms with Gasteiger partial charge in [-0.25, -0.2) is 0 Å². The highest BCUT2D eigenvalue weighted by Crippen LogP contribution is 2.31. The Morgan fingerprint density at radius 1 is 1.19 bits per heavy atom. The second kappa shape index (κ2) is 9.92. The van der Waals surface area contributed by atoms with Crippen molar-refractivity contribution in [1.82, 2.24) is 9.80 Å². The van der Waals surface area contributed by atoms with Gasteiger partial charge >= 0.3 is 12.1 Å². The molecule has 2 fully saturated rings. The third kappa shape index (κ3) is 5.81. The van der Waals surface area contributed by atoms with Crippen LogP contribution in [0.15, 0.2) is 24.3 Å². The molecule has 2 aliphatic rings. The lowest BCUT2D eigenvalue weighted by Gasteiger charge is -2.33.